The molecule has 0 saturated carbocycles. The molecule has 11 heteroatoms. The summed E-state index contributed by atoms with van der Waals surface area (Å²) in [5, 5.41) is 11.1. The number of pyridine rings is 1. The zero-order valence-electron chi connectivity index (χ0n) is 20.7. The van der Waals surface area contributed by atoms with E-state index in [1.165, 1.54) is 50.6 Å². The van der Waals surface area contributed by atoms with Crippen LogP contribution in [0.3, 0.4) is 0 Å². The van der Waals surface area contributed by atoms with Crippen LogP contribution in [0.4, 0.5) is 4.39 Å². The van der Waals surface area contributed by atoms with Crippen molar-refractivity contribution in [3.63, 3.8) is 0 Å². The number of hydrogen-bond donors (Lipinski definition) is 1. The number of Topliss-reactive ketones (excluding diaryl/α,β-unsaturated/α-hetero) is 1. The molecule has 3 aromatic rings. The van der Waals surface area contributed by atoms with Gasteiger partial charge in [-0.25, -0.2) is 17.8 Å². The molecule has 0 aliphatic carbocycles. The lowest BCUT2D eigenvalue weighted by Crippen LogP contribution is -2.24. The summed E-state index contributed by atoms with van der Waals surface area (Å²) in [4.78, 5) is 17.4. The third kappa shape index (κ3) is 7.18. The third-order valence-corrected chi connectivity index (χ3v) is 6.41. The molecule has 0 saturated heterocycles. The highest BCUT2D eigenvalue weighted by Crippen LogP contribution is 2.35. The van der Waals surface area contributed by atoms with Gasteiger partial charge in [0.15, 0.2) is 33.1 Å². The Labute approximate surface area is 219 Å². The van der Waals surface area contributed by atoms with Gasteiger partial charge in [-0.1, -0.05) is 11.6 Å². The van der Waals surface area contributed by atoms with E-state index in [2.05, 4.69) is 4.98 Å². The third-order valence-electron chi connectivity index (χ3n) is 5.58. The van der Waals surface area contributed by atoms with Gasteiger partial charge < -0.3 is 19.3 Å². The predicted octanol–water partition coefficient (Wildman–Crippen LogP) is 4.81. The molecule has 0 amide bonds. The van der Waals surface area contributed by atoms with E-state index >= 15 is 0 Å². The van der Waals surface area contributed by atoms with Crippen LogP contribution in [-0.4, -0.2) is 50.7 Å². The molecule has 2 aromatic carbocycles. The number of sulfone groups is 1. The zero-order valence-corrected chi connectivity index (χ0v) is 22.3. The Bertz CT molecular complexity index is 1410. The van der Waals surface area contributed by atoms with E-state index in [4.69, 9.17) is 25.8 Å². The van der Waals surface area contributed by atoms with Gasteiger partial charge in [0.25, 0.3) is 0 Å². The van der Waals surface area contributed by atoms with E-state index in [0.717, 1.165) is 6.26 Å². The molecule has 8 nitrogen and oxygen atoms in total. The fraction of sp³-hybridized carbons (Fsp3) is 0.308. The van der Waals surface area contributed by atoms with Crippen molar-refractivity contribution in [1.82, 2.24) is 4.98 Å². The van der Waals surface area contributed by atoms with Crippen molar-refractivity contribution < 1.29 is 36.9 Å². The normalized spacial score (nSPS) is 13.1. The van der Waals surface area contributed by atoms with Crippen molar-refractivity contribution in [1.29, 1.82) is 0 Å². The Kier molecular flexibility index (Phi) is 8.78. The Morgan fingerprint density at radius 1 is 1.05 bits per heavy atom. The van der Waals surface area contributed by atoms with Crippen molar-refractivity contribution in [3.8, 4) is 28.5 Å². The molecule has 0 aliphatic heterocycles. The second-order valence-corrected chi connectivity index (χ2v) is 11.1. The lowest BCUT2D eigenvalue weighted by molar-refractivity contribution is 0.0397. The minimum atomic E-state index is -3.36. The van der Waals surface area contributed by atoms with Crippen LogP contribution in [0, 0.1) is 5.82 Å². The van der Waals surface area contributed by atoms with E-state index in [-0.39, 0.29) is 35.1 Å². The number of aromatic nitrogens is 1. The van der Waals surface area contributed by atoms with Crippen LogP contribution in [0.2, 0.25) is 5.02 Å². The lowest BCUT2D eigenvalue weighted by atomic mass is 9.92. The Morgan fingerprint density at radius 3 is 2.35 bits per heavy atom. The summed E-state index contributed by atoms with van der Waals surface area (Å²) in [6.45, 7) is 1.54. The van der Waals surface area contributed by atoms with Gasteiger partial charge in [-0.15, -0.1) is 0 Å². The number of hydrogen-bond acceptors (Lipinski definition) is 8. The number of ether oxygens (including phenoxy) is 3. The van der Waals surface area contributed by atoms with Crippen LogP contribution >= 0.6 is 11.6 Å². The van der Waals surface area contributed by atoms with Gasteiger partial charge in [-0.05, 0) is 61.9 Å². The number of ketones is 1. The smallest absolute Gasteiger partial charge is 0.189 e. The molecular formula is C26H27ClFNO7S. The summed E-state index contributed by atoms with van der Waals surface area (Å²) in [7, 11) is -0.520. The first kappa shape index (κ1) is 28.4. The molecule has 0 radical (unpaired) electrons. The first-order valence-electron chi connectivity index (χ1n) is 11.1. The maximum absolute atomic E-state index is 13.6. The highest BCUT2D eigenvalue weighted by molar-refractivity contribution is 7.90. The van der Waals surface area contributed by atoms with Crippen LogP contribution in [0.25, 0.3) is 11.3 Å². The van der Waals surface area contributed by atoms with Crippen LogP contribution < -0.4 is 14.2 Å². The molecule has 1 aromatic heterocycles. The highest BCUT2D eigenvalue weighted by Gasteiger charge is 2.28. The van der Waals surface area contributed by atoms with Gasteiger partial charge >= 0.3 is 0 Å². The zero-order chi connectivity index (χ0) is 27.4. The molecule has 198 valence electrons. The van der Waals surface area contributed by atoms with E-state index in [1.54, 1.807) is 19.1 Å². The number of nitrogens with zero attached hydrogens (tertiary/aromatic N) is 1. The molecule has 0 aliphatic rings. The number of halogens is 2. The Balaban J connectivity index is 1.79. The Hall–Kier alpha value is -3.21. The van der Waals surface area contributed by atoms with Crippen LogP contribution in [0.1, 0.15) is 35.8 Å². The molecule has 1 atom stereocenters. The standard InChI is InChI=1S/C26H27ClFNO7S/c1-26(31,24-10-9-22(34-2)25(29-24)17-5-7-19(28)18(27)13-17)12-11-20(30)16-6-8-21(23(14-16)35-3)36-15-37(4,32)33/h5-10,13-14,31H,11-12,15H2,1-4H3. The SMILES string of the molecule is COc1cc(C(=O)CCC(C)(O)c2ccc(OC)c(-c3ccc(F)c(Cl)c3)n2)ccc1OCS(C)(=O)=O. The second kappa shape index (κ2) is 11.5. The molecule has 0 fully saturated rings. The highest BCUT2D eigenvalue weighted by atomic mass is 35.5. The summed E-state index contributed by atoms with van der Waals surface area (Å²) in [5.74, 6) is -0.568. The average molecular weight is 552 g/mol. The average Bonchev–Trinajstić information content (AvgIpc) is 2.86. The fourth-order valence-corrected chi connectivity index (χ4v) is 4.04. The minimum absolute atomic E-state index is 0.0227. The summed E-state index contributed by atoms with van der Waals surface area (Å²) >= 11 is 5.93. The van der Waals surface area contributed by atoms with Gasteiger partial charge in [-0.2, -0.15) is 0 Å². The molecule has 1 N–H and O–H groups in total. The molecule has 37 heavy (non-hydrogen) atoms. The number of benzene rings is 2. The van der Waals surface area contributed by atoms with Crippen molar-refractivity contribution in [2.75, 3.05) is 26.4 Å². The summed E-state index contributed by atoms with van der Waals surface area (Å²) < 4.78 is 52.2. The first-order valence-corrected chi connectivity index (χ1v) is 13.5. The summed E-state index contributed by atoms with van der Waals surface area (Å²) in [6.07, 6.45) is 1.06. The Morgan fingerprint density at radius 2 is 1.73 bits per heavy atom. The molecule has 0 spiro atoms. The van der Waals surface area contributed by atoms with Crippen molar-refractivity contribution >= 4 is 27.2 Å². The maximum atomic E-state index is 13.6. The van der Waals surface area contributed by atoms with E-state index in [1.807, 2.05) is 0 Å². The molecule has 1 unspecified atom stereocenters. The van der Waals surface area contributed by atoms with Gasteiger partial charge in [0, 0.05) is 23.8 Å². The van der Waals surface area contributed by atoms with Crippen LogP contribution in [-0.2, 0) is 15.4 Å². The fourth-order valence-electron chi connectivity index (χ4n) is 3.52. The van der Waals surface area contributed by atoms with Crippen molar-refractivity contribution in [2.45, 2.75) is 25.4 Å². The largest absolute Gasteiger partial charge is 0.494 e. The number of aliphatic hydroxyl groups is 1. The first-order chi connectivity index (χ1) is 17.3. The van der Waals surface area contributed by atoms with Gasteiger partial charge in [0.1, 0.15) is 22.9 Å². The van der Waals surface area contributed by atoms with Crippen molar-refractivity contribution in [2.24, 2.45) is 0 Å². The van der Waals surface area contributed by atoms with E-state index in [9.17, 15) is 22.7 Å². The van der Waals surface area contributed by atoms with E-state index in [0.29, 0.717) is 28.3 Å². The second-order valence-electron chi connectivity index (χ2n) is 8.63. The quantitative estimate of drug-likeness (QED) is 0.338. The summed E-state index contributed by atoms with van der Waals surface area (Å²) in [6, 6.07) is 11.8. The van der Waals surface area contributed by atoms with Crippen LogP contribution in [0.15, 0.2) is 48.5 Å². The molecule has 0 bridgehead atoms. The van der Waals surface area contributed by atoms with Crippen LogP contribution in [0.5, 0.6) is 17.2 Å². The van der Waals surface area contributed by atoms with Gasteiger partial charge in [0.05, 0.1) is 24.9 Å². The van der Waals surface area contributed by atoms with Crippen molar-refractivity contribution in [3.05, 3.63) is 70.6 Å². The van der Waals surface area contributed by atoms with E-state index < -0.39 is 27.2 Å². The summed E-state index contributed by atoms with van der Waals surface area (Å²) in [5.41, 5.74) is -0.0177. The minimum Gasteiger partial charge on any atom is -0.494 e. The van der Waals surface area contributed by atoms with Gasteiger partial charge in [-0.3, -0.25) is 4.79 Å². The van der Waals surface area contributed by atoms with Gasteiger partial charge in [0.2, 0.25) is 0 Å². The topological polar surface area (TPSA) is 112 Å². The molecule has 1 heterocycles. The predicted molar refractivity (Wildman–Crippen MR) is 138 cm³/mol. The molecule has 3 rings (SSSR count). The monoisotopic (exact) mass is 551 g/mol. The maximum Gasteiger partial charge on any atom is 0.189 e. The lowest BCUT2D eigenvalue weighted by Gasteiger charge is -2.24. The molecular weight excluding hydrogens is 525 g/mol. The number of rotatable bonds is 11. The number of carbonyl (C=O) groups excluding carboxylic acids is 1. The number of carbonyl (C=O) groups is 1. The number of methoxy groups -OCH3 is 2.